The van der Waals surface area contributed by atoms with E-state index >= 15 is 0 Å². The van der Waals surface area contributed by atoms with E-state index < -0.39 is 0 Å². The van der Waals surface area contributed by atoms with Crippen LogP contribution in [0.2, 0.25) is 0 Å². The molecule has 1 aromatic heterocycles. The summed E-state index contributed by atoms with van der Waals surface area (Å²) in [5, 5.41) is 0. The van der Waals surface area contributed by atoms with Crippen LogP contribution in [-0.2, 0) is 0 Å². The molecule has 0 bridgehead atoms. The molecule has 0 aliphatic heterocycles. The van der Waals surface area contributed by atoms with Crippen molar-refractivity contribution in [2.45, 2.75) is 0 Å². The van der Waals surface area contributed by atoms with Gasteiger partial charge in [-0.15, -0.1) is 0 Å². The first-order valence-electron chi connectivity index (χ1n) is 11.2. The van der Waals surface area contributed by atoms with Crippen LogP contribution in [0.1, 0.15) is 21.8 Å². The Morgan fingerprint density at radius 2 is 1.24 bits per heavy atom. The van der Waals surface area contributed by atoms with E-state index in [9.17, 15) is 4.79 Å². The number of ketones is 1. The summed E-state index contributed by atoms with van der Waals surface area (Å²) in [5.41, 5.74) is 2.25. The first kappa shape index (κ1) is 25.4. The molecule has 0 fully saturated rings. The molecule has 1 heterocycles. The lowest BCUT2D eigenvalue weighted by atomic mass is 9.99. The van der Waals surface area contributed by atoms with E-state index in [4.69, 9.17) is 32.8 Å². The Kier molecular flexibility index (Phi) is 7.52. The van der Waals surface area contributed by atoms with Crippen molar-refractivity contribution in [2.24, 2.45) is 0 Å². The van der Waals surface area contributed by atoms with Gasteiger partial charge in [-0.2, -0.15) is 0 Å². The normalized spacial score (nSPS) is 11.2. The molecule has 9 heteroatoms. The summed E-state index contributed by atoms with van der Waals surface area (Å²) in [6.45, 7) is 0. The molecular weight excluding hydrogens is 478 g/mol. The lowest BCUT2D eigenvalue weighted by molar-refractivity contribution is 0.105. The number of fused-ring (bicyclic) bond motifs is 1. The lowest BCUT2D eigenvalue weighted by Gasteiger charge is -2.15. The number of Topliss-reactive ketones (excluding diaryl/α,β-unsaturated/α-hetero) is 1. The molecule has 4 aromatic rings. The minimum atomic E-state index is -0.375. The van der Waals surface area contributed by atoms with Gasteiger partial charge in [0.15, 0.2) is 34.4 Å². The van der Waals surface area contributed by atoms with Crippen LogP contribution in [0.15, 0.2) is 52.9 Å². The third kappa shape index (κ3) is 4.88. The zero-order chi connectivity index (χ0) is 26.5. The molecule has 0 amide bonds. The number of rotatable bonds is 10. The Balaban J connectivity index is 1.94. The average molecular weight is 506 g/mol. The lowest BCUT2D eigenvalue weighted by Crippen LogP contribution is -2.06. The second-order valence-electron chi connectivity index (χ2n) is 7.75. The number of benzene rings is 3. The molecule has 0 N–H and O–H groups in total. The molecule has 0 saturated carbocycles. The number of oxazole rings is 1. The molecule has 4 rings (SSSR count). The maximum absolute atomic E-state index is 14.0. The molecule has 0 unspecified atom stereocenters. The summed E-state index contributed by atoms with van der Waals surface area (Å²) in [7, 11) is 9.03. The van der Waals surface area contributed by atoms with Crippen molar-refractivity contribution in [3.63, 3.8) is 0 Å². The van der Waals surface area contributed by atoms with Gasteiger partial charge in [0.05, 0.1) is 48.2 Å². The molecule has 0 aliphatic carbocycles. The van der Waals surface area contributed by atoms with Gasteiger partial charge in [-0.3, -0.25) is 4.79 Å². The smallest absolute Gasteiger partial charge is 0.231 e. The molecule has 37 heavy (non-hydrogen) atoms. The van der Waals surface area contributed by atoms with E-state index in [-0.39, 0.29) is 22.8 Å². The molecule has 9 nitrogen and oxygen atoms in total. The van der Waals surface area contributed by atoms with Crippen LogP contribution in [0.4, 0.5) is 0 Å². The number of hydrogen-bond donors (Lipinski definition) is 0. The van der Waals surface area contributed by atoms with Crippen molar-refractivity contribution in [1.29, 1.82) is 0 Å². The van der Waals surface area contributed by atoms with Crippen LogP contribution in [0.5, 0.6) is 34.5 Å². The first-order chi connectivity index (χ1) is 18.0. The summed E-state index contributed by atoms with van der Waals surface area (Å²) in [6.07, 6.45) is 1.65. The maximum atomic E-state index is 14.0. The van der Waals surface area contributed by atoms with Crippen LogP contribution in [-0.4, -0.2) is 53.4 Å². The summed E-state index contributed by atoms with van der Waals surface area (Å²) in [4.78, 5) is 18.6. The van der Waals surface area contributed by atoms with E-state index in [0.29, 0.717) is 51.2 Å². The van der Waals surface area contributed by atoms with Crippen LogP contribution in [0, 0.1) is 0 Å². The number of methoxy groups -OCH3 is 6. The Hall–Kier alpha value is -4.66. The number of carbonyl (C=O) groups excluding carboxylic acids is 1. The zero-order valence-corrected chi connectivity index (χ0v) is 21.4. The Labute approximate surface area is 214 Å². The van der Waals surface area contributed by atoms with E-state index in [1.165, 1.54) is 42.7 Å². The molecule has 0 atom stereocenters. The van der Waals surface area contributed by atoms with Crippen molar-refractivity contribution >= 4 is 28.5 Å². The topological polar surface area (TPSA) is 98.5 Å². The van der Waals surface area contributed by atoms with Crippen LogP contribution in [0.3, 0.4) is 0 Å². The van der Waals surface area contributed by atoms with Crippen molar-refractivity contribution in [1.82, 2.24) is 4.98 Å². The first-order valence-corrected chi connectivity index (χ1v) is 11.2. The van der Waals surface area contributed by atoms with E-state index in [1.54, 1.807) is 36.4 Å². The third-order valence-corrected chi connectivity index (χ3v) is 5.69. The van der Waals surface area contributed by atoms with Gasteiger partial charge in [-0.05, 0) is 48.0 Å². The van der Waals surface area contributed by atoms with Crippen LogP contribution < -0.4 is 28.4 Å². The van der Waals surface area contributed by atoms with Gasteiger partial charge in [0.2, 0.25) is 17.4 Å². The molecule has 0 saturated heterocycles. The maximum Gasteiger partial charge on any atom is 0.231 e. The Morgan fingerprint density at radius 1 is 0.730 bits per heavy atom. The van der Waals surface area contributed by atoms with Crippen molar-refractivity contribution in [2.75, 3.05) is 42.7 Å². The number of hydrogen-bond acceptors (Lipinski definition) is 9. The highest BCUT2D eigenvalue weighted by molar-refractivity contribution is 6.32. The number of aromatic nitrogens is 1. The fourth-order valence-electron chi connectivity index (χ4n) is 3.93. The highest BCUT2D eigenvalue weighted by Gasteiger charge is 2.24. The summed E-state index contributed by atoms with van der Waals surface area (Å²) in [5.74, 6) is 2.13. The minimum Gasteiger partial charge on any atom is -0.493 e. The van der Waals surface area contributed by atoms with E-state index in [2.05, 4.69) is 4.98 Å². The van der Waals surface area contributed by atoms with E-state index in [1.807, 2.05) is 18.2 Å². The summed E-state index contributed by atoms with van der Waals surface area (Å²) in [6, 6.07) is 13.9. The van der Waals surface area contributed by atoms with Crippen molar-refractivity contribution in [3.8, 4) is 34.5 Å². The highest BCUT2D eigenvalue weighted by atomic mass is 16.5. The molecule has 0 spiro atoms. The highest BCUT2D eigenvalue weighted by Crippen LogP contribution is 2.41. The fraction of sp³-hybridized carbons (Fsp3) is 0.214. The summed E-state index contributed by atoms with van der Waals surface area (Å²) >= 11 is 0. The second-order valence-corrected chi connectivity index (χ2v) is 7.75. The van der Waals surface area contributed by atoms with Crippen LogP contribution in [0.25, 0.3) is 22.7 Å². The molecule has 0 aliphatic rings. The average Bonchev–Trinajstić information content (AvgIpc) is 3.37. The Bertz CT molecular complexity index is 1390. The largest absolute Gasteiger partial charge is 0.493 e. The number of nitrogens with zero attached hydrogens (tertiary/aromatic N) is 1. The third-order valence-electron chi connectivity index (χ3n) is 5.69. The number of allylic oxidation sites excluding steroid dienone is 1. The van der Waals surface area contributed by atoms with Gasteiger partial charge in [0, 0.05) is 5.56 Å². The standard InChI is InChI=1S/C28H27NO8/c1-31-21-12-16(13-22(32-2)26(21)35-5)11-18(28-29-19-9-7-8-10-20(19)37-28)25(30)17-14-23(33-3)27(36-6)24(15-17)34-4/h7-15H,1-6H3/b18-11-. The number of ether oxygens (including phenoxy) is 6. The predicted molar refractivity (Wildman–Crippen MR) is 138 cm³/mol. The van der Waals surface area contributed by atoms with Gasteiger partial charge in [-0.1, -0.05) is 12.1 Å². The van der Waals surface area contributed by atoms with Gasteiger partial charge < -0.3 is 32.8 Å². The number of para-hydroxylation sites is 2. The molecular formula is C28H27NO8. The molecule has 192 valence electrons. The second kappa shape index (κ2) is 10.9. The SMILES string of the molecule is COc1cc(/C=C(/C(=O)c2cc(OC)c(OC)c(OC)c2)c2nc3ccccc3o2)cc(OC)c1OC. The van der Waals surface area contributed by atoms with E-state index in [0.717, 1.165) is 0 Å². The molecule has 0 radical (unpaired) electrons. The van der Waals surface area contributed by atoms with Gasteiger partial charge in [-0.25, -0.2) is 4.98 Å². The van der Waals surface area contributed by atoms with Gasteiger partial charge in [0.25, 0.3) is 0 Å². The quantitative estimate of drug-likeness (QED) is 0.210. The van der Waals surface area contributed by atoms with Gasteiger partial charge >= 0.3 is 0 Å². The Morgan fingerprint density at radius 3 is 1.73 bits per heavy atom. The van der Waals surface area contributed by atoms with Gasteiger partial charge in [0.1, 0.15) is 5.52 Å². The minimum absolute atomic E-state index is 0.147. The van der Waals surface area contributed by atoms with Crippen molar-refractivity contribution in [3.05, 3.63) is 65.5 Å². The predicted octanol–water partition coefficient (Wildman–Crippen LogP) is 5.30. The fourth-order valence-corrected chi connectivity index (χ4v) is 3.93. The number of carbonyl (C=O) groups is 1. The zero-order valence-electron chi connectivity index (χ0n) is 21.4. The monoisotopic (exact) mass is 505 g/mol. The van der Waals surface area contributed by atoms with Crippen molar-refractivity contribution < 1.29 is 37.6 Å². The van der Waals surface area contributed by atoms with Crippen LogP contribution >= 0.6 is 0 Å². The summed E-state index contributed by atoms with van der Waals surface area (Å²) < 4.78 is 38.7. The molecule has 3 aromatic carbocycles.